The summed E-state index contributed by atoms with van der Waals surface area (Å²) < 4.78 is 2.14. The summed E-state index contributed by atoms with van der Waals surface area (Å²) in [6, 6.07) is 0. The highest BCUT2D eigenvalue weighted by Gasteiger charge is 1.82. The van der Waals surface area contributed by atoms with Crippen LogP contribution in [-0.2, 0) is 0 Å². The minimum absolute atomic E-state index is 0.810. The highest BCUT2D eigenvalue weighted by molar-refractivity contribution is 14.1. The quantitative estimate of drug-likeness (QED) is 0.396. The minimum atomic E-state index is 0.810. The lowest BCUT2D eigenvalue weighted by atomic mass is 10.3. The fourth-order valence-corrected chi connectivity index (χ4v) is 0.945. The summed E-state index contributed by atoms with van der Waals surface area (Å²) in [6.45, 7) is 0. The third-order valence-corrected chi connectivity index (χ3v) is 1.59. The molecule has 0 spiro atoms. The topological polar surface area (TPSA) is 0 Å². The zero-order chi connectivity index (χ0) is 5.54. The largest absolute Gasteiger partial charge is 0.127 e. The second-order valence-corrected chi connectivity index (χ2v) is 2.60. The first kappa shape index (κ1) is 8.02. The van der Waals surface area contributed by atoms with Crippen LogP contribution in [0, 0.1) is 4.43 Å². The van der Waals surface area contributed by atoms with E-state index in [-0.39, 0.29) is 0 Å². The third-order valence-electron chi connectivity index (χ3n) is 0.697. The maximum absolute atomic E-state index is 5.42. The van der Waals surface area contributed by atoms with Crippen LogP contribution in [0.15, 0.2) is 0 Å². The van der Waals surface area contributed by atoms with E-state index >= 15 is 0 Å². The van der Waals surface area contributed by atoms with E-state index in [1.807, 2.05) is 0 Å². The van der Waals surface area contributed by atoms with Gasteiger partial charge >= 0.3 is 0 Å². The van der Waals surface area contributed by atoms with Crippen molar-refractivity contribution >= 4 is 34.2 Å². The van der Waals surface area contributed by atoms with E-state index in [2.05, 4.69) is 27.0 Å². The molecule has 0 aliphatic heterocycles. The fraction of sp³-hybridized carbons (Fsp3) is 0.800. The lowest BCUT2D eigenvalue weighted by molar-refractivity contribution is 0.815. The van der Waals surface area contributed by atoms with Gasteiger partial charge in [0.2, 0.25) is 0 Å². The molecule has 0 saturated carbocycles. The van der Waals surface area contributed by atoms with Crippen molar-refractivity contribution in [1.29, 1.82) is 0 Å². The Kier molecular flexibility index (Phi) is 8.04. The van der Waals surface area contributed by atoms with Crippen LogP contribution in [0.2, 0.25) is 0 Å². The summed E-state index contributed by atoms with van der Waals surface area (Å²) in [4.78, 5) is 0. The van der Waals surface area contributed by atoms with Crippen LogP contribution >= 0.6 is 34.2 Å². The highest BCUT2D eigenvalue weighted by Crippen LogP contribution is 2.03. The summed E-state index contributed by atoms with van der Waals surface area (Å²) in [5.74, 6) is 0.810. The van der Waals surface area contributed by atoms with Gasteiger partial charge in [-0.15, -0.1) is 11.6 Å². The molecule has 0 unspecified atom stereocenters. The van der Waals surface area contributed by atoms with E-state index in [9.17, 15) is 0 Å². The number of hydrogen-bond acceptors (Lipinski definition) is 0. The molecular formula is C5H9ClI. The molecule has 0 heterocycles. The van der Waals surface area contributed by atoms with Crippen LogP contribution in [0.5, 0.6) is 0 Å². The Morgan fingerprint density at radius 1 is 1.43 bits per heavy atom. The molecule has 0 aliphatic rings. The number of halogens is 2. The predicted molar refractivity (Wildman–Crippen MR) is 42.9 cm³/mol. The average Bonchev–Trinajstić information content (AvgIpc) is 1.69. The summed E-state index contributed by atoms with van der Waals surface area (Å²) in [5.41, 5.74) is 0. The zero-order valence-electron chi connectivity index (χ0n) is 4.16. The molecule has 7 heavy (non-hydrogen) atoms. The van der Waals surface area contributed by atoms with E-state index in [1.54, 1.807) is 0 Å². The van der Waals surface area contributed by atoms with Gasteiger partial charge in [-0.1, -0.05) is 29.0 Å². The van der Waals surface area contributed by atoms with Gasteiger partial charge in [-0.05, 0) is 12.8 Å². The summed E-state index contributed by atoms with van der Waals surface area (Å²) in [7, 11) is 0. The van der Waals surface area contributed by atoms with Crippen LogP contribution in [-0.4, -0.2) is 5.88 Å². The number of alkyl halides is 1. The maximum atomic E-state index is 5.42. The molecule has 0 nitrogen and oxygen atoms in total. The summed E-state index contributed by atoms with van der Waals surface area (Å²) in [5, 5.41) is 0. The molecule has 0 rings (SSSR count). The standard InChI is InChI=1S/C5H9ClI/c6-4-2-1-3-5-7/h5H,1-4H2. The molecule has 0 amide bonds. The van der Waals surface area contributed by atoms with Gasteiger partial charge in [-0.3, -0.25) is 0 Å². The molecule has 1 radical (unpaired) electrons. The minimum Gasteiger partial charge on any atom is -0.127 e. The highest BCUT2D eigenvalue weighted by atomic mass is 127. The van der Waals surface area contributed by atoms with Gasteiger partial charge < -0.3 is 0 Å². The van der Waals surface area contributed by atoms with E-state index in [1.165, 1.54) is 12.8 Å². The first-order valence-corrected chi connectivity index (χ1v) is 4.17. The van der Waals surface area contributed by atoms with Crippen molar-refractivity contribution in [2.24, 2.45) is 0 Å². The normalized spacial score (nSPS) is 9.43. The van der Waals surface area contributed by atoms with Crippen molar-refractivity contribution in [3.8, 4) is 0 Å². The van der Waals surface area contributed by atoms with Gasteiger partial charge in [0.05, 0.1) is 0 Å². The van der Waals surface area contributed by atoms with E-state index in [0.717, 1.165) is 12.3 Å². The predicted octanol–water partition coefficient (Wildman–Crippen LogP) is 2.99. The molecular weight excluding hydrogens is 222 g/mol. The molecule has 43 valence electrons. The Labute approximate surface area is 63.8 Å². The van der Waals surface area contributed by atoms with Crippen LogP contribution in [0.3, 0.4) is 0 Å². The van der Waals surface area contributed by atoms with Crippen LogP contribution in [0.25, 0.3) is 0 Å². The fourth-order valence-electron chi connectivity index (χ4n) is 0.316. The Morgan fingerprint density at radius 2 is 2.14 bits per heavy atom. The van der Waals surface area contributed by atoms with Crippen molar-refractivity contribution in [3.63, 3.8) is 0 Å². The van der Waals surface area contributed by atoms with E-state index in [4.69, 9.17) is 11.6 Å². The molecule has 0 N–H and O–H groups in total. The van der Waals surface area contributed by atoms with E-state index in [0.29, 0.717) is 0 Å². The summed E-state index contributed by atoms with van der Waals surface area (Å²) in [6.07, 6.45) is 3.60. The van der Waals surface area contributed by atoms with Crippen molar-refractivity contribution in [2.45, 2.75) is 19.3 Å². The number of rotatable bonds is 4. The average molecular weight is 231 g/mol. The van der Waals surface area contributed by atoms with Crippen molar-refractivity contribution in [3.05, 3.63) is 4.43 Å². The summed E-state index contributed by atoms with van der Waals surface area (Å²) >= 11 is 7.68. The molecule has 0 aromatic rings. The van der Waals surface area contributed by atoms with Crippen LogP contribution < -0.4 is 0 Å². The van der Waals surface area contributed by atoms with Crippen LogP contribution in [0.1, 0.15) is 19.3 Å². The molecule has 0 aromatic carbocycles. The Balaban J connectivity index is 2.45. The van der Waals surface area contributed by atoms with E-state index < -0.39 is 0 Å². The maximum Gasteiger partial charge on any atom is 0.0227 e. The SMILES string of the molecule is ClCCCC[CH]I. The van der Waals surface area contributed by atoms with Crippen LogP contribution in [0.4, 0.5) is 0 Å². The van der Waals surface area contributed by atoms with Gasteiger partial charge in [0, 0.05) is 10.3 Å². The van der Waals surface area contributed by atoms with Gasteiger partial charge in [0.25, 0.3) is 0 Å². The van der Waals surface area contributed by atoms with Gasteiger partial charge in [0.1, 0.15) is 0 Å². The van der Waals surface area contributed by atoms with Crippen molar-refractivity contribution < 1.29 is 0 Å². The lowest BCUT2D eigenvalue weighted by Crippen LogP contribution is -1.73. The molecule has 2 heteroatoms. The molecule has 0 fully saturated rings. The molecule has 0 atom stereocenters. The Hall–Kier alpha value is 1.02. The van der Waals surface area contributed by atoms with Gasteiger partial charge in [-0.25, -0.2) is 0 Å². The molecule has 0 saturated heterocycles. The van der Waals surface area contributed by atoms with Crippen molar-refractivity contribution in [1.82, 2.24) is 0 Å². The first-order chi connectivity index (χ1) is 3.41. The molecule has 0 aromatic heterocycles. The van der Waals surface area contributed by atoms with Gasteiger partial charge in [-0.2, -0.15) is 0 Å². The Morgan fingerprint density at radius 3 is 2.57 bits per heavy atom. The zero-order valence-corrected chi connectivity index (χ0v) is 7.08. The Bertz CT molecular complexity index is 27.3. The first-order valence-electron chi connectivity index (χ1n) is 2.39. The molecule has 0 bridgehead atoms. The smallest absolute Gasteiger partial charge is 0.0227 e. The van der Waals surface area contributed by atoms with Crippen molar-refractivity contribution in [2.75, 3.05) is 5.88 Å². The van der Waals surface area contributed by atoms with Gasteiger partial charge in [0.15, 0.2) is 0 Å². The second-order valence-electron chi connectivity index (χ2n) is 1.34. The number of hydrogen-bond donors (Lipinski definition) is 0. The number of unbranched alkanes of at least 4 members (excludes halogenated alkanes) is 2. The molecule has 0 aliphatic carbocycles. The second kappa shape index (κ2) is 7.02. The lowest BCUT2D eigenvalue weighted by Gasteiger charge is -1.88. The monoisotopic (exact) mass is 231 g/mol. The third kappa shape index (κ3) is 7.02.